The minimum atomic E-state index is -5.27. The molecule has 0 spiro atoms. The van der Waals surface area contributed by atoms with E-state index in [1.807, 2.05) is 12.1 Å². The second-order valence-electron chi connectivity index (χ2n) is 10.1. The minimum Gasteiger partial charge on any atom is -0.871 e. The van der Waals surface area contributed by atoms with Gasteiger partial charge in [0.15, 0.2) is 0 Å². The molecule has 6 aromatic rings. The third-order valence-electron chi connectivity index (χ3n) is 6.90. The van der Waals surface area contributed by atoms with Crippen molar-refractivity contribution in [1.82, 2.24) is 0 Å². The van der Waals surface area contributed by atoms with Gasteiger partial charge in [-0.05, 0) is 16.8 Å². The molecule has 0 saturated heterocycles. The fraction of sp³-hybridized carbons (Fsp3) is 0. The first kappa shape index (κ1) is 37.3. The van der Waals surface area contributed by atoms with Gasteiger partial charge in [-0.3, -0.25) is 20.2 Å². The van der Waals surface area contributed by atoms with Crippen LogP contribution in [-0.2, 0) is 27.5 Å². The quantitative estimate of drug-likeness (QED) is 0.0847. The number of fused-ring (bicyclic) bond motifs is 2. The molecule has 0 N–H and O–H groups in total. The molecule has 0 heterocycles. The molecule has 0 fully saturated rings. The third-order valence-corrected chi connectivity index (χ3v) is 7.74. The van der Waals surface area contributed by atoms with Crippen LogP contribution in [0.1, 0.15) is 0 Å². The summed E-state index contributed by atoms with van der Waals surface area (Å²) < 4.78 is 33.6. The van der Waals surface area contributed by atoms with E-state index < -0.39 is 53.5 Å². The molecule has 0 unspecified atom stereocenters. The SMILES string of the molecule is O=[N+]([O-])c1cc(N=Nc2c([O-])ccc3ccccc23)c([O-])c(S(=O)(=O)[O-])c1.O=[N+]([O-])c1ccc(N=Nc2c([O-])ccc3ccccc23)c([O-])c1.[Cr+3]. The zero-order valence-corrected chi connectivity index (χ0v) is 27.4. The molecule has 0 saturated carbocycles. The summed E-state index contributed by atoms with van der Waals surface area (Å²) in [5.41, 5.74) is -1.96. The van der Waals surface area contributed by atoms with E-state index in [0.29, 0.717) is 28.3 Å². The topological polar surface area (TPSA) is 285 Å². The van der Waals surface area contributed by atoms with Gasteiger partial charge >= 0.3 is 17.4 Å². The predicted octanol–water partition coefficient (Wildman–Crippen LogP) is 5.52. The average molecular weight is 746 g/mol. The molecule has 1 radical (unpaired) electrons. The molecule has 0 aromatic heterocycles. The van der Waals surface area contributed by atoms with Crippen LogP contribution in [0, 0.1) is 20.2 Å². The Balaban J connectivity index is 0.000000227. The molecule has 17 nitrogen and oxygen atoms in total. The molecule has 19 heteroatoms. The Labute approximate surface area is 297 Å². The molecule has 0 aliphatic rings. The van der Waals surface area contributed by atoms with E-state index in [1.165, 1.54) is 18.2 Å². The molecular weight excluding hydrogens is 728 g/mol. The summed E-state index contributed by atoms with van der Waals surface area (Å²) in [6.45, 7) is 0. The van der Waals surface area contributed by atoms with Crippen molar-refractivity contribution in [3.05, 3.63) is 123 Å². The Morgan fingerprint density at radius 2 is 1.02 bits per heavy atom. The number of nitrogens with zero attached hydrogens (tertiary/aromatic N) is 6. The van der Waals surface area contributed by atoms with Crippen LogP contribution >= 0.6 is 0 Å². The van der Waals surface area contributed by atoms with Crippen molar-refractivity contribution in [2.45, 2.75) is 4.90 Å². The number of nitro benzene ring substituents is 2. The van der Waals surface area contributed by atoms with Gasteiger partial charge in [-0.25, -0.2) is 8.42 Å². The van der Waals surface area contributed by atoms with Crippen LogP contribution in [0.5, 0.6) is 23.0 Å². The van der Waals surface area contributed by atoms with E-state index in [2.05, 4.69) is 20.5 Å². The Hall–Kier alpha value is -6.52. The van der Waals surface area contributed by atoms with Crippen molar-refractivity contribution in [3.63, 3.8) is 0 Å². The first-order valence-corrected chi connectivity index (χ1v) is 15.3. The van der Waals surface area contributed by atoms with Crippen molar-refractivity contribution in [2.24, 2.45) is 20.5 Å². The first-order chi connectivity index (χ1) is 23.7. The molecule has 0 atom stereocenters. The maximum atomic E-state index is 12.1. The first-order valence-electron chi connectivity index (χ1n) is 13.9. The minimum absolute atomic E-state index is 0. The summed E-state index contributed by atoms with van der Waals surface area (Å²) in [6, 6.07) is 24.0. The van der Waals surface area contributed by atoms with Gasteiger partial charge in [-0.1, -0.05) is 95.8 Å². The maximum Gasteiger partial charge on any atom is 3.00 e. The number of hydrogen-bond donors (Lipinski definition) is 0. The van der Waals surface area contributed by atoms with E-state index in [9.17, 15) is 53.6 Å². The molecule has 0 aliphatic heterocycles. The van der Waals surface area contributed by atoms with Crippen LogP contribution in [0.2, 0.25) is 0 Å². The normalized spacial score (nSPS) is 11.3. The number of nitro groups is 2. The summed E-state index contributed by atoms with van der Waals surface area (Å²) in [6.07, 6.45) is 0. The van der Waals surface area contributed by atoms with E-state index in [1.54, 1.807) is 48.5 Å². The monoisotopic (exact) mass is 745 g/mol. The molecule has 6 aromatic carbocycles. The van der Waals surface area contributed by atoms with Gasteiger partial charge in [-0.2, -0.15) is 20.5 Å². The van der Waals surface area contributed by atoms with Gasteiger partial charge in [0.05, 0.1) is 37.5 Å². The fourth-order valence-corrected chi connectivity index (χ4v) is 5.12. The largest absolute Gasteiger partial charge is 3.00 e. The Morgan fingerprint density at radius 3 is 1.49 bits per heavy atom. The zero-order valence-electron chi connectivity index (χ0n) is 25.3. The van der Waals surface area contributed by atoms with Crippen LogP contribution < -0.4 is 20.4 Å². The van der Waals surface area contributed by atoms with Gasteiger partial charge in [0.1, 0.15) is 10.1 Å². The van der Waals surface area contributed by atoms with Gasteiger partial charge in [0.2, 0.25) is 0 Å². The summed E-state index contributed by atoms with van der Waals surface area (Å²) in [5, 5.41) is 86.8. The van der Waals surface area contributed by atoms with Crippen LogP contribution in [0.4, 0.5) is 34.1 Å². The van der Waals surface area contributed by atoms with Crippen molar-refractivity contribution >= 4 is 65.8 Å². The second kappa shape index (κ2) is 15.4. The van der Waals surface area contributed by atoms with Crippen molar-refractivity contribution in [3.8, 4) is 23.0 Å². The number of hydrogen-bond acceptors (Lipinski definition) is 15. The molecule has 0 bridgehead atoms. The number of azo groups is 2. The van der Waals surface area contributed by atoms with Gasteiger partial charge in [0.25, 0.3) is 11.4 Å². The Bertz CT molecular complexity index is 2500. The van der Waals surface area contributed by atoms with Crippen molar-refractivity contribution in [1.29, 1.82) is 0 Å². The number of non-ortho nitro benzene ring substituents is 2. The van der Waals surface area contributed by atoms with Crippen LogP contribution in [0.15, 0.2) is 128 Å². The molecule has 0 amide bonds. The van der Waals surface area contributed by atoms with Crippen molar-refractivity contribution in [2.75, 3.05) is 0 Å². The van der Waals surface area contributed by atoms with Crippen LogP contribution in [0.25, 0.3) is 21.5 Å². The summed E-state index contributed by atoms with van der Waals surface area (Å²) >= 11 is 0. The Kier molecular flexibility index (Phi) is 11.2. The predicted molar refractivity (Wildman–Crippen MR) is 168 cm³/mol. The van der Waals surface area contributed by atoms with E-state index in [4.69, 9.17) is 0 Å². The van der Waals surface area contributed by atoms with Crippen LogP contribution in [-0.4, -0.2) is 22.8 Å². The van der Waals surface area contributed by atoms with E-state index >= 15 is 0 Å². The number of benzene rings is 6. The van der Waals surface area contributed by atoms with Crippen LogP contribution in [0.3, 0.4) is 0 Å². The smallest absolute Gasteiger partial charge is 0.871 e. The summed E-state index contributed by atoms with van der Waals surface area (Å²) in [7, 11) is -5.27. The second-order valence-corrected chi connectivity index (χ2v) is 11.4. The standard InChI is InChI=1S/C16H11N3O7S.C16H11N3O4.Cr/c20-13-6-5-9-3-1-2-4-11(9)15(13)18-17-12-7-10(19(22)23)8-14(16(12)21)27(24,25)26;20-14-8-5-10-3-1-2-4-12(10)16(14)18-17-13-7-6-11(19(22)23)9-15(13)21;/h1-8,20-21H,(H,24,25,26);1-9,20-21H;/q;;+3/p-5. The van der Waals surface area contributed by atoms with Gasteiger partial charge < -0.3 is 25.0 Å². The molecule has 6 rings (SSSR count). The fourth-order valence-electron chi connectivity index (χ4n) is 4.52. The molecule has 255 valence electrons. The number of rotatable bonds is 7. The van der Waals surface area contributed by atoms with E-state index in [0.717, 1.165) is 17.5 Å². The van der Waals surface area contributed by atoms with Crippen molar-refractivity contribution < 1.29 is 60.6 Å². The molecule has 0 aliphatic carbocycles. The zero-order chi connectivity index (χ0) is 36.2. The maximum absolute atomic E-state index is 12.1. The molecular formula is C32H17CrN6O11S-2. The summed E-state index contributed by atoms with van der Waals surface area (Å²) in [4.78, 5) is 18.6. The van der Waals surface area contributed by atoms with E-state index in [-0.39, 0.29) is 45.9 Å². The third kappa shape index (κ3) is 8.38. The Morgan fingerprint density at radius 1 is 0.529 bits per heavy atom. The summed E-state index contributed by atoms with van der Waals surface area (Å²) in [5.74, 6) is -2.81. The average Bonchev–Trinajstić information content (AvgIpc) is 3.08. The van der Waals surface area contributed by atoms with Gasteiger partial charge in [-0.15, -0.1) is 0 Å². The van der Waals surface area contributed by atoms with Gasteiger partial charge in [0, 0.05) is 35.0 Å². The molecule has 51 heavy (non-hydrogen) atoms.